The Morgan fingerprint density at radius 1 is 1.13 bits per heavy atom. The van der Waals surface area contributed by atoms with Crippen molar-refractivity contribution in [3.8, 4) is 11.5 Å². The molecular formula is C32H244BrNO4. The van der Waals surface area contributed by atoms with Crippen LogP contribution >= 0.6 is 0 Å². The first-order chi connectivity index (χ1) is 17.6. The third kappa shape index (κ3) is 2.57. The molecule has 2 aliphatic heterocycles. The van der Waals surface area contributed by atoms with E-state index in [2.05, 4.69) is 69.2 Å². The number of hydrogen-bond donors (Lipinski definition) is 1. The van der Waals surface area contributed by atoms with E-state index < -0.39 is 22.5 Å². The molecule has 1 aromatic carbocycles. The molecule has 1 saturated heterocycles. The molecule has 408 valence electrons. The van der Waals surface area contributed by atoms with Crippen LogP contribution in [0.15, 0.2) is 0 Å². The van der Waals surface area contributed by atoms with E-state index in [9.17, 15) is 4.79 Å². The summed E-state index contributed by atoms with van der Waals surface area (Å²) in [5.41, 5.74) is 2.00. The molecule has 0 amide bonds. The van der Waals surface area contributed by atoms with Crippen LogP contribution in [0.3, 0.4) is 0 Å². The average Bonchev–Trinajstić information content (AvgIpc) is 3.57. The fraction of sp³-hybridized carbons (Fsp3) is 0.781. The van der Waals surface area contributed by atoms with Crippen molar-refractivity contribution < 1.29 is 181 Å². The van der Waals surface area contributed by atoms with Gasteiger partial charge in [0.2, 0.25) is 1.43 Å². The number of nitrogens with zero attached hydrogens (tertiary/aromatic N) is 1. The van der Waals surface area contributed by atoms with Crippen molar-refractivity contribution >= 4 is 5.78 Å². The van der Waals surface area contributed by atoms with Gasteiger partial charge in [0.25, 0.3) is 0 Å². The minimum absolute atomic E-state index is 0. The van der Waals surface area contributed by atoms with Crippen molar-refractivity contribution in [1.29, 1.82) is 1.43 Å². The summed E-state index contributed by atoms with van der Waals surface area (Å²) in [6, 6.07) is 0.304. The largest absolute Gasteiger partial charge is 1.00 e. The number of carbonyl (C=O) groups excluding carboxylic acids is 1. The average molecular weight is 789 g/mol. The molecule has 1 spiro atoms. The summed E-state index contributed by atoms with van der Waals surface area (Å²) in [7, 11) is 1.70. The highest BCUT2D eigenvalue weighted by Gasteiger charge is 2.89. The standard InChI is InChI=1S/C32H48NO4.BrH.98H2/c1-17(2)33(16-20-12-13-20)27-28(5,6)22-18(3)19(4)24(36-11)25-23(22)32(29(7,8)30(33,9)10)26(37-25)21(34)14-15-31(27,32)35;;;;;;;;;;;;;;;;;;;;;;;;;;;;;;;;;;;;;;;;;;;;;;;;;;;;;;;;;;;;;;;;;;;;;;;;;;;;;;;;;;;;;;;;;;;;;;;;;;;/h17,20,26-27,35H,12-16H2,1-11H3;99*1H/q+1;;;;;;;;;;;;;;;;;;;;;;;;;;;;;;;;;;;;;;;;;;;;;;;;;;;;;;;;;;;;;;;;;;;;;;;;;;;;;;;;;;;;;;;;;;;;;;;;;;;/p-1/t26-,27+,31-,32-,33?;;;;;;;;;;;;;;;;;;;;;;;;;;;;;;;;;;;;;;;;;;;;;;;;;;;;;;;;;;;;;;;;;;;;;;;;;;;;;;;;;;;;;;;;;;;;;;;;;;;/m0.................................................................................................../s1/i35D;;;;;;;;;;;;;;;;;;;;;;;;;;;;;;;;;;;;;;;;;;;;;;;;;;;;;;;;;;;;;;;;;;;;;;;;;;;;;;;;;;;;;;;;;;;;;;;;;;;. The van der Waals surface area contributed by atoms with Crippen molar-refractivity contribution in [3.05, 3.63) is 22.3 Å². The van der Waals surface area contributed by atoms with Crippen LogP contribution in [0.25, 0.3) is 0 Å². The molecule has 5 aliphatic rings. The van der Waals surface area contributed by atoms with E-state index in [-0.39, 0.29) is 180 Å². The zero-order valence-electron chi connectivity index (χ0n) is 26.3. The van der Waals surface area contributed by atoms with Gasteiger partial charge in [-0.1, -0.05) is 13.8 Å². The van der Waals surface area contributed by atoms with Gasteiger partial charge in [-0.2, -0.15) is 0 Å². The molecule has 6 rings (SSSR count). The molecule has 1 N–H and O–H groups in total. The van der Waals surface area contributed by atoms with E-state index in [4.69, 9.17) is 16.0 Å². The Labute approximate surface area is 387 Å². The van der Waals surface area contributed by atoms with Crippen LogP contribution in [-0.2, 0) is 15.6 Å². The van der Waals surface area contributed by atoms with Gasteiger partial charge in [0.1, 0.15) is 17.2 Å². The summed E-state index contributed by atoms with van der Waals surface area (Å²) < 4.78 is 22.8. The summed E-state index contributed by atoms with van der Waals surface area (Å²) in [5, 5.41) is 6.33. The molecule has 5 nitrogen and oxygen atoms in total. The Morgan fingerprint density at radius 3 is 2.29 bits per heavy atom. The number of quaternary nitrogens is 1. The van der Waals surface area contributed by atoms with Crippen LogP contribution in [-0.4, -0.2) is 59.8 Å². The van der Waals surface area contributed by atoms with Gasteiger partial charge in [0.15, 0.2) is 23.4 Å². The Bertz CT molecular complexity index is 1360. The lowest BCUT2D eigenvalue weighted by molar-refractivity contribution is -1.04. The van der Waals surface area contributed by atoms with Gasteiger partial charge in [-0.05, 0) is 91.3 Å². The van der Waals surface area contributed by atoms with Gasteiger partial charge < -0.3 is 36.0 Å². The van der Waals surface area contributed by atoms with Gasteiger partial charge in [0, 0.05) is 169 Å². The number of carbonyl (C=O) groups is 1. The van der Waals surface area contributed by atoms with Gasteiger partial charge in [-0.25, -0.2) is 0 Å². The number of benzene rings is 1. The van der Waals surface area contributed by atoms with Crippen LogP contribution in [0.1, 0.15) is 243 Å². The van der Waals surface area contributed by atoms with Crippen molar-refractivity contribution in [1.82, 2.24) is 0 Å². The zero-order valence-corrected chi connectivity index (χ0v) is 26.9. The lowest BCUT2D eigenvalue weighted by atomic mass is 9.33. The number of ether oxygens (including phenoxy) is 2. The summed E-state index contributed by atoms with van der Waals surface area (Å²) in [5.74, 6) is 2.27. The second kappa shape index (κ2) is 7.79. The minimum atomic E-state index is -0.877. The Morgan fingerprint density at radius 2 is 1.76 bits per heavy atom. The molecule has 38 heavy (non-hydrogen) atoms. The maximum Gasteiger partial charge on any atom is 0.211 e. The highest BCUT2D eigenvalue weighted by Crippen LogP contribution is 2.78. The van der Waals surface area contributed by atoms with E-state index in [1.165, 1.54) is 24.0 Å². The molecule has 2 saturated carbocycles. The van der Waals surface area contributed by atoms with Crippen molar-refractivity contribution in [2.24, 2.45) is 11.3 Å². The van der Waals surface area contributed by atoms with E-state index in [1.807, 2.05) is 0 Å². The second-order valence-electron chi connectivity index (χ2n) is 15.0. The van der Waals surface area contributed by atoms with Crippen LogP contribution in [0, 0.1) is 25.2 Å². The molecular weight excluding hydrogens is 542 g/mol. The summed E-state index contributed by atoms with van der Waals surface area (Å²) in [4.78, 5) is 14.0. The van der Waals surface area contributed by atoms with Crippen molar-refractivity contribution in [3.63, 3.8) is 0 Å². The van der Waals surface area contributed by atoms with E-state index in [1.54, 1.807) is 7.11 Å². The van der Waals surface area contributed by atoms with E-state index in [0.717, 1.165) is 33.7 Å². The smallest absolute Gasteiger partial charge is 0.211 e. The Balaban J connectivity index is -0.00000000203. The van der Waals surface area contributed by atoms with Gasteiger partial charge >= 0.3 is 0 Å². The Kier molecular flexibility index (Phi) is 5.55. The molecule has 3 aliphatic carbocycles. The molecule has 1 unspecified atom stereocenters. The molecule has 0 aromatic heterocycles. The first kappa shape index (κ1) is 27.1. The van der Waals surface area contributed by atoms with Gasteiger partial charge in [0.05, 0.1) is 25.1 Å². The summed E-state index contributed by atoms with van der Waals surface area (Å²) in [6.45, 7) is 24.6. The number of halogens is 1. The molecule has 3 fully saturated rings. The topological polar surface area (TPSA) is 55.8 Å². The maximum atomic E-state index is 14.0. The monoisotopic (exact) mass is 788 g/mol. The number of ketones is 1. The fourth-order valence-corrected chi connectivity index (χ4v) is 10.9. The second-order valence-corrected chi connectivity index (χ2v) is 15.0. The highest BCUT2D eigenvalue weighted by molar-refractivity contribution is 5.91. The number of aliphatic hydroxyl groups is 1. The minimum Gasteiger partial charge on any atom is -1.00 e. The predicted molar refractivity (Wildman–Crippen MR) is 353 cm³/mol. The van der Waals surface area contributed by atoms with Crippen molar-refractivity contribution in [2.45, 2.75) is 135 Å². The number of methoxy groups -OCH3 is 1. The van der Waals surface area contributed by atoms with E-state index >= 15 is 0 Å². The zero-order chi connectivity index (χ0) is 28.0. The Hall–Kier alpha value is -1.11. The SMILES string of the molecule is [2H]O[C@]12CCC(=O)[C@@H]3Oc4c(OC)c(C)c(C)c5c4[C@@]31C(C)(C)C(C)(C)[N+](CC1CC1)(C(C)C)[C@@H]2C5(C)C.[Br-].[HH].[HH].[HH].[HH].[HH].[HH].[HH].[HH].[HH].[HH].[HH].[HH].[HH].[HH].[HH].[HH].[HH].[HH].[HH].[HH].[HH].[HH].[HH].[HH].[HH].[HH].[HH].[HH].[HH].[HH].[HH].[HH].[HH].[HH].[HH].[HH].[HH].[HH].[HH].[HH].[HH].[HH].[HH].[HH].[HH].[HH].[HH].[HH].[HH].[HH].[HH].[HH].[HH].[HH].[HH].[HH].[HH].[HH].[HH].[HH].[HH].[HH].[HH].[HH].[HH].[HH].[HH].[HH].[HH].[HH].[HH].[HH].[HH].[HH].[HH].[HH].[HH].[HH].[HH].[HH].[HH].[HH].[HH].[HH].[HH].[HH].[HH].[HH].[HH].[HH].[HH].[HH].[HH].[HH].[HH].[HH].[HH].[HH]. The molecule has 2 heterocycles. The third-order valence-corrected chi connectivity index (χ3v) is 12.9. The number of Topliss-reactive ketones (excluding diaryl/α,β-unsaturated/α-hetero) is 1. The molecule has 5 atom stereocenters. The fourth-order valence-electron chi connectivity index (χ4n) is 10.9. The number of piperidine rings is 1. The summed E-state index contributed by atoms with van der Waals surface area (Å²) >= 11 is 0. The maximum absolute atomic E-state index is 14.0. The first-order valence-corrected chi connectivity index (χ1v) is 14.5. The lowest BCUT2D eigenvalue weighted by Crippen LogP contribution is -3.00. The summed E-state index contributed by atoms with van der Waals surface area (Å²) in [6.07, 6.45) is 2.79. The van der Waals surface area contributed by atoms with E-state index in [0.29, 0.717) is 24.8 Å². The predicted octanol–water partition coefficient (Wildman–Crippen LogP) is 26.6. The number of rotatable bonds is 5. The number of likely N-dealkylation sites (tertiary alicyclic amines) is 1. The molecule has 0 radical (unpaired) electrons. The molecule has 1 aromatic rings. The normalized spacial score (nSPS) is 39.2. The molecule has 6 heteroatoms. The van der Waals surface area contributed by atoms with Gasteiger partial charge in [-0.15, -0.1) is 0 Å². The van der Waals surface area contributed by atoms with Crippen LogP contribution in [0.5, 0.6) is 11.5 Å². The molecule has 2 bridgehead atoms. The van der Waals surface area contributed by atoms with Crippen LogP contribution < -0.4 is 26.5 Å². The van der Waals surface area contributed by atoms with Gasteiger partial charge in [-0.3, -0.25) is 4.79 Å². The van der Waals surface area contributed by atoms with Crippen molar-refractivity contribution in [2.75, 3.05) is 13.7 Å². The first-order valence-electron chi connectivity index (χ1n) is 14.9. The number of hydrogen-bond acceptors (Lipinski definition) is 4. The third-order valence-electron chi connectivity index (χ3n) is 12.9. The lowest BCUT2D eigenvalue weighted by Gasteiger charge is -2.80. The highest BCUT2D eigenvalue weighted by atomic mass is 79.9. The van der Waals surface area contributed by atoms with Crippen LogP contribution in [0.4, 0.5) is 0 Å². The quantitative estimate of drug-likeness (QED) is 0.302. The van der Waals surface area contributed by atoms with Crippen LogP contribution in [0.2, 0.25) is 0 Å².